The molecule has 1 rings (SSSR count). The van der Waals surface area contributed by atoms with Gasteiger partial charge in [-0.25, -0.2) is 19.2 Å². The number of carbonyl (C=O) groups is 6. The Morgan fingerprint density at radius 1 is 0.681 bits per heavy atom. The summed E-state index contributed by atoms with van der Waals surface area (Å²) in [5, 5.41) is 12.8. The van der Waals surface area contributed by atoms with Gasteiger partial charge in [-0.05, 0) is 79.7 Å². The van der Waals surface area contributed by atoms with Crippen molar-refractivity contribution in [1.29, 1.82) is 0 Å². The number of methoxy groups -OCH3 is 1. The average Bonchev–Trinajstić information content (AvgIpc) is 2.97. The SMILES string of the molecule is COC(=O)C(CCCNC(=O)OC(C)(C)C)NC(=O)C(C)NC(=O)C(CCCNC(=O)OC(C)(C)C)NC(=O)OCc1ccccc1. The van der Waals surface area contributed by atoms with Crippen molar-refractivity contribution in [3.8, 4) is 0 Å². The number of hydrogen-bond acceptors (Lipinski definition) is 10. The molecule has 0 aliphatic heterocycles. The fourth-order valence-corrected chi connectivity index (χ4v) is 3.86. The maximum Gasteiger partial charge on any atom is 0.408 e. The molecule has 0 saturated carbocycles. The van der Waals surface area contributed by atoms with Crippen LogP contribution in [0.25, 0.3) is 0 Å². The number of rotatable bonds is 16. The van der Waals surface area contributed by atoms with Crippen molar-refractivity contribution in [3.05, 3.63) is 35.9 Å². The van der Waals surface area contributed by atoms with E-state index in [2.05, 4.69) is 26.6 Å². The third-order valence-corrected chi connectivity index (χ3v) is 6.05. The summed E-state index contributed by atoms with van der Waals surface area (Å²) < 4.78 is 20.4. The van der Waals surface area contributed by atoms with Crippen LogP contribution >= 0.6 is 0 Å². The van der Waals surface area contributed by atoms with E-state index in [1.807, 2.05) is 6.07 Å². The molecule has 0 fully saturated rings. The highest BCUT2D eigenvalue weighted by atomic mass is 16.6. The Morgan fingerprint density at radius 3 is 1.68 bits per heavy atom. The van der Waals surface area contributed by atoms with Crippen LogP contribution in [0.4, 0.5) is 14.4 Å². The predicted molar refractivity (Wildman–Crippen MR) is 172 cm³/mol. The van der Waals surface area contributed by atoms with Crippen LogP contribution in [0, 0.1) is 0 Å². The van der Waals surface area contributed by atoms with Crippen LogP contribution in [0.3, 0.4) is 0 Å². The number of hydrogen-bond donors (Lipinski definition) is 5. The lowest BCUT2D eigenvalue weighted by atomic mass is 10.1. The summed E-state index contributed by atoms with van der Waals surface area (Å²) >= 11 is 0. The number of carbonyl (C=O) groups excluding carboxylic acids is 6. The van der Waals surface area contributed by atoms with Gasteiger partial charge < -0.3 is 45.5 Å². The Balaban J connectivity index is 2.78. The Hall–Kier alpha value is -4.56. The van der Waals surface area contributed by atoms with Crippen molar-refractivity contribution in [3.63, 3.8) is 0 Å². The summed E-state index contributed by atoms with van der Waals surface area (Å²) in [7, 11) is 1.18. The fraction of sp³-hybridized carbons (Fsp3) is 0.625. The number of alkyl carbamates (subject to hydrolysis) is 3. The van der Waals surface area contributed by atoms with Gasteiger partial charge in [-0.1, -0.05) is 30.3 Å². The maximum atomic E-state index is 13.2. The molecule has 0 spiro atoms. The van der Waals surface area contributed by atoms with E-state index in [1.165, 1.54) is 14.0 Å². The van der Waals surface area contributed by atoms with Crippen molar-refractivity contribution in [1.82, 2.24) is 26.6 Å². The number of benzene rings is 1. The molecular formula is C32H51N5O10. The molecule has 3 unspecified atom stereocenters. The minimum absolute atomic E-state index is 0.0256. The van der Waals surface area contributed by atoms with Gasteiger partial charge >= 0.3 is 24.2 Å². The van der Waals surface area contributed by atoms with E-state index in [-0.39, 0.29) is 39.0 Å². The lowest BCUT2D eigenvalue weighted by Crippen LogP contribution is -2.55. The second-order valence-corrected chi connectivity index (χ2v) is 12.7. The Bertz CT molecular complexity index is 1180. The molecule has 15 nitrogen and oxygen atoms in total. The molecule has 0 radical (unpaired) electrons. The average molecular weight is 666 g/mol. The minimum atomic E-state index is -1.12. The first kappa shape index (κ1) is 40.5. The first-order valence-electron chi connectivity index (χ1n) is 15.5. The summed E-state index contributed by atoms with van der Waals surface area (Å²) in [5.41, 5.74) is -0.602. The van der Waals surface area contributed by atoms with E-state index >= 15 is 0 Å². The van der Waals surface area contributed by atoms with Gasteiger partial charge in [-0.3, -0.25) is 9.59 Å². The van der Waals surface area contributed by atoms with Crippen molar-refractivity contribution in [2.45, 2.75) is 110 Å². The van der Waals surface area contributed by atoms with Crippen molar-refractivity contribution in [2.75, 3.05) is 20.2 Å². The topological polar surface area (TPSA) is 199 Å². The molecule has 5 N–H and O–H groups in total. The fourth-order valence-electron chi connectivity index (χ4n) is 3.86. The molecule has 1 aromatic rings. The number of esters is 1. The third kappa shape index (κ3) is 18.9. The van der Waals surface area contributed by atoms with Crippen LogP contribution in [0.2, 0.25) is 0 Å². The van der Waals surface area contributed by atoms with Crippen LogP contribution in [-0.2, 0) is 39.9 Å². The van der Waals surface area contributed by atoms with E-state index in [0.717, 1.165) is 5.56 Å². The first-order valence-corrected chi connectivity index (χ1v) is 15.5. The van der Waals surface area contributed by atoms with Crippen LogP contribution in [0.5, 0.6) is 0 Å². The highest BCUT2D eigenvalue weighted by Gasteiger charge is 2.28. The van der Waals surface area contributed by atoms with Crippen LogP contribution in [0.15, 0.2) is 30.3 Å². The van der Waals surface area contributed by atoms with E-state index in [9.17, 15) is 28.8 Å². The van der Waals surface area contributed by atoms with E-state index in [1.54, 1.807) is 65.8 Å². The number of amides is 5. The highest BCUT2D eigenvalue weighted by Crippen LogP contribution is 2.09. The van der Waals surface area contributed by atoms with E-state index < -0.39 is 65.4 Å². The Labute approximate surface area is 276 Å². The second-order valence-electron chi connectivity index (χ2n) is 12.7. The van der Waals surface area contributed by atoms with Gasteiger partial charge in [0.05, 0.1) is 7.11 Å². The summed E-state index contributed by atoms with van der Waals surface area (Å²) in [5.74, 6) is -2.06. The molecule has 0 bridgehead atoms. The number of ether oxygens (including phenoxy) is 4. The standard InChI is InChI=1S/C32H51N5O10/c1-21(25(38)36-24(27(40)44-8)17-13-19-34-29(42)47-32(5,6)7)35-26(39)23(16-12-18-33-28(41)46-31(2,3)4)37-30(43)45-20-22-14-10-9-11-15-22/h9-11,14-15,21,23-24H,12-13,16-20H2,1-8H3,(H,33,41)(H,34,42)(H,35,39)(H,36,38)(H,37,43). The zero-order chi connectivity index (χ0) is 35.6. The third-order valence-electron chi connectivity index (χ3n) is 6.05. The summed E-state index contributed by atoms with van der Waals surface area (Å²) in [4.78, 5) is 74.9. The molecule has 47 heavy (non-hydrogen) atoms. The van der Waals surface area contributed by atoms with E-state index in [0.29, 0.717) is 6.42 Å². The normalized spacial score (nSPS) is 13.1. The van der Waals surface area contributed by atoms with Gasteiger partial charge in [0.2, 0.25) is 11.8 Å². The van der Waals surface area contributed by atoms with Gasteiger partial charge in [-0.2, -0.15) is 0 Å². The molecule has 15 heteroatoms. The molecule has 0 aromatic heterocycles. The summed E-state index contributed by atoms with van der Waals surface area (Å²) in [6, 6.07) is 5.68. The van der Waals surface area contributed by atoms with Crippen molar-refractivity contribution in [2.24, 2.45) is 0 Å². The second kappa shape index (κ2) is 19.8. The van der Waals surface area contributed by atoms with Gasteiger partial charge in [0, 0.05) is 13.1 Å². The largest absolute Gasteiger partial charge is 0.467 e. The maximum absolute atomic E-state index is 13.2. The summed E-state index contributed by atoms with van der Waals surface area (Å²) in [6.45, 7) is 12.1. The Kier molecular flexibility index (Phi) is 17.1. The summed E-state index contributed by atoms with van der Waals surface area (Å²) in [6.07, 6.45) is -1.27. The van der Waals surface area contributed by atoms with Crippen molar-refractivity contribution < 1.29 is 47.7 Å². The van der Waals surface area contributed by atoms with Gasteiger partial charge in [-0.15, -0.1) is 0 Å². The predicted octanol–water partition coefficient (Wildman–Crippen LogP) is 3.05. The van der Waals surface area contributed by atoms with E-state index in [4.69, 9.17) is 18.9 Å². The zero-order valence-corrected chi connectivity index (χ0v) is 28.7. The molecule has 0 heterocycles. The quantitative estimate of drug-likeness (QED) is 0.0993. The first-order chi connectivity index (χ1) is 21.9. The van der Waals surface area contributed by atoms with Crippen LogP contribution < -0.4 is 26.6 Å². The monoisotopic (exact) mass is 665 g/mol. The van der Waals surface area contributed by atoms with Gasteiger partial charge in [0.25, 0.3) is 0 Å². The lowest BCUT2D eigenvalue weighted by molar-refractivity contribution is -0.145. The molecule has 1 aromatic carbocycles. The molecule has 0 aliphatic rings. The lowest BCUT2D eigenvalue weighted by Gasteiger charge is -2.23. The molecular weight excluding hydrogens is 614 g/mol. The molecule has 5 amide bonds. The Morgan fingerprint density at radius 2 is 1.19 bits per heavy atom. The molecule has 3 atom stereocenters. The molecule has 0 aliphatic carbocycles. The van der Waals surface area contributed by atoms with Crippen LogP contribution in [0.1, 0.15) is 79.7 Å². The number of nitrogens with one attached hydrogen (secondary N) is 5. The smallest absolute Gasteiger partial charge is 0.408 e. The minimum Gasteiger partial charge on any atom is -0.467 e. The molecule has 0 saturated heterocycles. The van der Waals surface area contributed by atoms with Gasteiger partial charge in [0.15, 0.2) is 0 Å². The van der Waals surface area contributed by atoms with Gasteiger partial charge in [0.1, 0.15) is 35.9 Å². The van der Waals surface area contributed by atoms with Crippen molar-refractivity contribution >= 4 is 36.1 Å². The molecule has 264 valence electrons. The highest BCUT2D eigenvalue weighted by molar-refractivity contribution is 5.92. The zero-order valence-electron chi connectivity index (χ0n) is 28.7. The van der Waals surface area contributed by atoms with Crippen LogP contribution in [-0.4, -0.2) is 85.6 Å².